The minimum absolute atomic E-state index is 0.0204. The van der Waals surface area contributed by atoms with Gasteiger partial charge in [0.05, 0.1) is 12.2 Å². The number of rotatable bonds is 5. The molecule has 162 valence electrons. The summed E-state index contributed by atoms with van der Waals surface area (Å²) in [7, 11) is 5.33. The molecule has 7 heteroatoms. The number of aliphatic imine (C=N–C) groups is 1. The van der Waals surface area contributed by atoms with Crippen molar-refractivity contribution in [3.05, 3.63) is 65.4 Å². The molecule has 0 saturated carbocycles. The zero-order chi connectivity index (χ0) is 22.5. The molecule has 2 amide bonds. The van der Waals surface area contributed by atoms with Crippen molar-refractivity contribution in [1.29, 1.82) is 0 Å². The number of nitrogens with one attached hydrogen (secondary N) is 1. The molecule has 0 radical (unpaired) electrons. The predicted molar refractivity (Wildman–Crippen MR) is 124 cm³/mol. The van der Waals surface area contributed by atoms with E-state index in [1.807, 2.05) is 55.6 Å². The summed E-state index contributed by atoms with van der Waals surface area (Å²) in [6, 6.07) is 15.3. The Balaban J connectivity index is 1.79. The summed E-state index contributed by atoms with van der Waals surface area (Å²) < 4.78 is 0. The van der Waals surface area contributed by atoms with E-state index in [0.29, 0.717) is 24.5 Å². The van der Waals surface area contributed by atoms with Gasteiger partial charge >= 0.3 is 0 Å². The molecule has 0 atom stereocenters. The first-order valence-corrected chi connectivity index (χ1v) is 10.2. The maximum absolute atomic E-state index is 12.0. The highest BCUT2D eigenvalue weighted by Gasteiger charge is 2.22. The SMILES string of the molecule is CNC1=C(C(N)=Nc2ccc(-c3ccc(C(=O)N(C)C)cc3)cc2)CN(C(C)=O)CC1. The summed E-state index contributed by atoms with van der Waals surface area (Å²) >= 11 is 0. The Bertz CT molecular complexity index is 1020. The zero-order valence-electron chi connectivity index (χ0n) is 18.5. The van der Waals surface area contributed by atoms with Crippen molar-refractivity contribution < 1.29 is 9.59 Å². The first-order valence-electron chi connectivity index (χ1n) is 10.2. The van der Waals surface area contributed by atoms with E-state index in [0.717, 1.165) is 34.5 Å². The summed E-state index contributed by atoms with van der Waals surface area (Å²) in [4.78, 5) is 31.7. The number of amides is 2. The number of amidine groups is 1. The van der Waals surface area contributed by atoms with Gasteiger partial charge in [0.15, 0.2) is 0 Å². The van der Waals surface area contributed by atoms with E-state index in [2.05, 4.69) is 10.3 Å². The number of nitrogens with zero attached hydrogens (tertiary/aromatic N) is 3. The number of hydrogen-bond acceptors (Lipinski definition) is 4. The minimum atomic E-state index is -0.0204. The van der Waals surface area contributed by atoms with Crippen LogP contribution in [0.25, 0.3) is 11.1 Å². The molecule has 3 rings (SSSR count). The summed E-state index contributed by atoms with van der Waals surface area (Å²) in [6.45, 7) is 2.70. The first-order chi connectivity index (χ1) is 14.8. The van der Waals surface area contributed by atoms with Crippen LogP contribution in [-0.2, 0) is 4.79 Å². The summed E-state index contributed by atoms with van der Waals surface area (Å²) in [5, 5.41) is 3.18. The monoisotopic (exact) mass is 419 g/mol. The van der Waals surface area contributed by atoms with Gasteiger partial charge in [-0.15, -0.1) is 0 Å². The molecular weight excluding hydrogens is 390 g/mol. The summed E-state index contributed by atoms with van der Waals surface area (Å²) in [5.74, 6) is 0.422. The second kappa shape index (κ2) is 9.47. The van der Waals surface area contributed by atoms with Gasteiger partial charge < -0.3 is 20.9 Å². The van der Waals surface area contributed by atoms with Gasteiger partial charge in [0.25, 0.3) is 5.91 Å². The Hall–Kier alpha value is -3.61. The van der Waals surface area contributed by atoms with Crippen LogP contribution in [0.3, 0.4) is 0 Å². The van der Waals surface area contributed by atoms with Gasteiger partial charge in [-0.25, -0.2) is 4.99 Å². The molecule has 0 unspecified atom stereocenters. The van der Waals surface area contributed by atoms with Crippen LogP contribution in [0.15, 0.2) is 64.8 Å². The van der Waals surface area contributed by atoms with Crippen molar-refractivity contribution in [3.63, 3.8) is 0 Å². The van der Waals surface area contributed by atoms with E-state index >= 15 is 0 Å². The quantitative estimate of drug-likeness (QED) is 0.576. The Kier molecular flexibility index (Phi) is 6.74. The molecule has 1 aliphatic rings. The van der Waals surface area contributed by atoms with Crippen molar-refractivity contribution in [2.45, 2.75) is 13.3 Å². The molecular formula is C24H29N5O2. The van der Waals surface area contributed by atoms with Crippen LogP contribution >= 0.6 is 0 Å². The van der Waals surface area contributed by atoms with Crippen LogP contribution in [0.1, 0.15) is 23.7 Å². The number of nitrogens with two attached hydrogens (primary N) is 1. The molecule has 0 aromatic heterocycles. The van der Waals surface area contributed by atoms with Gasteiger partial charge in [0, 0.05) is 57.9 Å². The smallest absolute Gasteiger partial charge is 0.253 e. The van der Waals surface area contributed by atoms with Gasteiger partial charge in [0.1, 0.15) is 5.84 Å². The Morgan fingerprint density at radius 3 is 2.13 bits per heavy atom. The zero-order valence-corrected chi connectivity index (χ0v) is 18.5. The Labute approximate surface area is 183 Å². The molecule has 0 aliphatic carbocycles. The second-order valence-corrected chi connectivity index (χ2v) is 7.72. The van der Waals surface area contributed by atoms with Crippen molar-refractivity contribution in [3.8, 4) is 11.1 Å². The molecule has 1 heterocycles. The lowest BCUT2D eigenvalue weighted by atomic mass is 10.0. The topological polar surface area (TPSA) is 91.0 Å². The first kappa shape index (κ1) is 22.1. The molecule has 1 aliphatic heterocycles. The Morgan fingerprint density at radius 1 is 1.03 bits per heavy atom. The standard InChI is InChI=1S/C24H29N5O2/c1-16(30)29-14-13-22(26-2)21(15-29)23(25)27-20-11-9-18(10-12-20)17-5-7-19(8-6-17)24(31)28(3)4/h5-12,26H,13-15H2,1-4H3,(H2,25,27). The van der Waals surface area contributed by atoms with E-state index in [1.165, 1.54) is 0 Å². The predicted octanol–water partition coefficient (Wildman–Crippen LogP) is 2.77. The fourth-order valence-corrected chi connectivity index (χ4v) is 3.54. The third kappa shape index (κ3) is 5.12. The van der Waals surface area contributed by atoms with E-state index in [-0.39, 0.29) is 11.8 Å². The molecule has 0 bridgehead atoms. The molecule has 0 spiro atoms. The van der Waals surface area contributed by atoms with Crippen LogP contribution in [0.5, 0.6) is 0 Å². The molecule has 31 heavy (non-hydrogen) atoms. The average Bonchev–Trinajstić information content (AvgIpc) is 2.78. The normalized spacial score (nSPS) is 14.5. The highest BCUT2D eigenvalue weighted by atomic mass is 16.2. The molecule has 7 nitrogen and oxygen atoms in total. The number of hydrogen-bond donors (Lipinski definition) is 2. The van der Waals surface area contributed by atoms with Crippen molar-refractivity contribution >= 4 is 23.3 Å². The lowest BCUT2D eigenvalue weighted by Gasteiger charge is -2.29. The van der Waals surface area contributed by atoms with E-state index in [1.54, 1.807) is 30.8 Å². The van der Waals surface area contributed by atoms with Crippen molar-refractivity contribution in [2.24, 2.45) is 10.7 Å². The largest absolute Gasteiger partial charge is 0.391 e. The van der Waals surface area contributed by atoms with Crippen LogP contribution < -0.4 is 11.1 Å². The van der Waals surface area contributed by atoms with E-state index < -0.39 is 0 Å². The fourth-order valence-electron chi connectivity index (χ4n) is 3.54. The van der Waals surface area contributed by atoms with Crippen LogP contribution in [-0.4, -0.2) is 61.7 Å². The van der Waals surface area contributed by atoms with Gasteiger partial charge in [-0.1, -0.05) is 24.3 Å². The summed E-state index contributed by atoms with van der Waals surface area (Å²) in [5.41, 5.74) is 11.6. The van der Waals surface area contributed by atoms with E-state index in [4.69, 9.17) is 5.73 Å². The minimum Gasteiger partial charge on any atom is -0.391 e. The third-order valence-electron chi connectivity index (χ3n) is 5.39. The number of carbonyl (C=O) groups is 2. The molecule has 2 aromatic rings. The van der Waals surface area contributed by atoms with E-state index in [9.17, 15) is 9.59 Å². The van der Waals surface area contributed by atoms with Gasteiger partial charge in [-0.2, -0.15) is 0 Å². The van der Waals surface area contributed by atoms with Crippen molar-refractivity contribution in [2.75, 3.05) is 34.2 Å². The number of benzene rings is 2. The Morgan fingerprint density at radius 2 is 1.61 bits per heavy atom. The molecule has 3 N–H and O–H groups in total. The maximum atomic E-state index is 12.0. The van der Waals surface area contributed by atoms with Gasteiger partial charge in [-0.05, 0) is 35.4 Å². The van der Waals surface area contributed by atoms with Gasteiger partial charge in [0.2, 0.25) is 5.91 Å². The lowest BCUT2D eigenvalue weighted by molar-refractivity contribution is -0.128. The average molecular weight is 420 g/mol. The highest BCUT2D eigenvalue weighted by molar-refractivity contribution is 6.00. The van der Waals surface area contributed by atoms with Crippen LogP contribution in [0.2, 0.25) is 0 Å². The number of carbonyl (C=O) groups excluding carboxylic acids is 2. The van der Waals surface area contributed by atoms with Crippen molar-refractivity contribution in [1.82, 2.24) is 15.1 Å². The summed E-state index contributed by atoms with van der Waals surface area (Å²) in [6.07, 6.45) is 0.729. The molecule has 2 aromatic carbocycles. The fraction of sp³-hybridized carbons (Fsp3) is 0.292. The van der Waals surface area contributed by atoms with Gasteiger partial charge in [-0.3, -0.25) is 9.59 Å². The molecule has 0 saturated heterocycles. The van der Waals surface area contributed by atoms with Crippen LogP contribution in [0.4, 0.5) is 5.69 Å². The maximum Gasteiger partial charge on any atom is 0.253 e. The second-order valence-electron chi connectivity index (χ2n) is 7.72. The third-order valence-corrected chi connectivity index (χ3v) is 5.39. The van der Waals surface area contributed by atoms with Crippen LogP contribution in [0, 0.1) is 0 Å². The lowest BCUT2D eigenvalue weighted by Crippen LogP contribution is -2.40. The molecule has 0 fully saturated rings. The highest BCUT2D eigenvalue weighted by Crippen LogP contribution is 2.24.